The molecule has 5 heteroatoms. The lowest BCUT2D eigenvalue weighted by molar-refractivity contribution is -0.131. The minimum atomic E-state index is -1.20. The zero-order valence-electron chi connectivity index (χ0n) is 15.3. The van der Waals surface area contributed by atoms with Gasteiger partial charge >= 0.3 is 0 Å². The van der Waals surface area contributed by atoms with Gasteiger partial charge in [0.2, 0.25) is 0 Å². The largest absolute Gasteiger partial charge is 0.375 e. The molecule has 1 heterocycles. The molecule has 0 aromatic rings. The summed E-state index contributed by atoms with van der Waals surface area (Å²) >= 11 is 0. The summed E-state index contributed by atoms with van der Waals surface area (Å²) in [6.07, 6.45) is 0.726. The molecule has 0 bridgehead atoms. The minimum absolute atomic E-state index is 0.104. The summed E-state index contributed by atoms with van der Waals surface area (Å²) in [5, 5.41) is 0. The van der Waals surface area contributed by atoms with Crippen molar-refractivity contribution in [3.63, 3.8) is 0 Å². The summed E-state index contributed by atoms with van der Waals surface area (Å²) in [6, 6.07) is 0. The third-order valence-electron chi connectivity index (χ3n) is 5.99. The van der Waals surface area contributed by atoms with Crippen molar-refractivity contribution in [3.8, 4) is 11.8 Å². The van der Waals surface area contributed by atoms with Crippen LogP contribution in [0.25, 0.3) is 0 Å². The van der Waals surface area contributed by atoms with Gasteiger partial charge in [0.25, 0.3) is 0 Å². The quantitative estimate of drug-likeness (QED) is 0.535. The van der Waals surface area contributed by atoms with Crippen LogP contribution in [0.5, 0.6) is 0 Å². The third kappa shape index (κ3) is 4.02. The second-order valence-electron chi connectivity index (χ2n) is 7.48. The van der Waals surface area contributed by atoms with E-state index in [1.807, 2.05) is 0 Å². The third-order valence-corrected chi connectivity index (χ3v) is 5.99. The second-order valence-corrected chi connectivity index (χ2v) is 7.48. The molecule has 1 aliphatic heterocycles. The zero-order chi connectivity index (χ0) is 17.8. The molecule has 0 spiro atoms. The Kier molecular flexibility index (Phi) is 6.71. The van der Waals surface area contributed by atoms with Crippen molar-refractivity contribution in [2.75, 3.05) is 13.2 Å². The Morgan fingerprint density at radius 3 is 2.12 bits per heavy atom. The lowest BCUT2D eigenvalue weighted by Crippen LogP contribution is -2.45. The molecule has 3 nitrogen and oxygen atoms in total. The molecule has 3 fully saturated rings. The second kappa shape index (κ2) is 8.79. The fourth-order valence-electron chi connectivity index (χ4n) is 4.66. The van der Waals surface area contributed by atoms with Crippen molar-refractivity contribution < 1.29 is 23.0 Å². The summed E-state index contributed by atoms with van der Waals surface area (Å²) < 4.78 is 47.0. The molecule has 8 atom stereocenters. The first-order chi connectivity index (χ1) is 12.2. The van der Waals surface area contributed by atoms with Crippen LogP contribution < -0.4 is 0 Å². The van der Waals surface area contributed by atoms with Gasteiger partial charge in [0, 0.05) is 6.61 Å². The maximum absolute atomic E-state index is 14.9. The van der Waals surface area contributed by atoms with Gasteiger partial charge in [-0.15, -0.1) is 5.92 Å². The van der Waals surface area contributed by atoms with Crippen LogP contribution in [0.15, 0.2) is 0 Å². The summed E-state index contributed by atoms with van der Waals surface area (Å²) in [6.45, 7) is 4.65. The number of rotatable bonds is 6. The molecule has 3 aliphatic rings. The van der Waals surface area contributed by atoms with Gasteiger partial charge < -0.3 is 14.2 Å². The van der Waals surface area contributed by atoms with Gasteiger partial charge in [-0.1, -0.05) is 19.3 Å². The van der Waals surface area contributed by atoms with Crippen LogP contribution in [0.2, 0.25) is 0 Å². The first kappa shape index (κ1) is 19.1. The molecule has 142 valence electrons. The van der Waals surface area contributed by atoms with Gasteiger partial charge in [-0.25, -0.2) is 8.78 Å². The van der Waals surface area contributed by atoms with Gasteiger partial charge in [-0.2, -0.15) is 0 Å². The van der Waals surface area contributed by atoms with E-state index in [0.717, 1.165) is 25.7 Å². The van der Waals surface area contributed by atoms with Gasteiger partial charge in [0.1, 0.15) is 6.61 Å². The number of hydrogen-bond acceptors (Lipinski definition) is 3. The van der Waals surface area contributed by atoms with Crippen LogP contribution in [0, 0.1) is 23.7 Å². The average Bonchev–Trinajstić information content (AvgIpc) is 3.00. The Morgan fingerprint density at radius 1 is 0.960 bits per heavy atom. The molecule has 0 aromatic carbocycles. The van der Waals surface area contributed by atoms with Crippen molar-refractivity contribution in [3.05, 3.63) is 0 Å². The Bertz CT molecular complexity index is 489. The van der Waals surface area contributed by atoms with E-state index >= 15 is 0 Å². The highest BCUT2D eigenvalue weighted by atomic mass is 19.1. The maximum Gasteiger partial charge on any atom is 0.152 e. The minimum Gasteiger partial charge on any atom is -0.375 e. The summed E-state index contributed by atoms with van der Waals surface area (Å²) in [7, 11) is 0. The van der Waals surface area contributed by atoms with E-state index in [0.29, 0.717) is 19.4 Å². The maximum atomic E-state index is 14.9. The van der Waals surface area contributed by atoms with E-state index in [1.165, 1.54) is 0 Å². The normalized spacial score (nSPS) is 43.0. The van der Waals surface area contributed by atoms with Crippen LogP contribution in [0.4, 0.5) is 8.78 Å². The van der Waals surface area contributed by atoms with E-state index in [2.05, 4.69) is 18.8 Å². The molecule has 25 heavy (non-hydrogen) atoms. The molecule has 0 aromatic heterocycles. The van der Waals surface area contributed by atoms with E-state index < -0.39 is 36.8 Å². The molecule has 2 saturated carbocycles. The lowest BCUT2D eigenvalue weighted by atomic mass is 9.71. The highest BCUT2D eigenvalue weighted by molar-refractivity contribution is 5.05. The highest BCUT2D eigenvalue weighted by Crippen LogP contribution is 2.49. The summed E-state index contributed by atoms with van der Waals surface area (Å²) in [5.74, 6) is 5.77. The predicted molar refractivity (Wildman–Crippen MR) is 91.7 cm³/mol. The van der Waals surface area contributed by atoms with Crippen LogP contribution in [-0.2, 0) is 14.2 Å². The fourth-order valence-corrected chi connectivity index (χ4v) is 4.66. The number of ether oxygens (including phenoxy) is 3. The van der Waals surface area contributed by atoms with E-state index in [4.69, 9.17) is 14.2 Å². The SMILES string of the molecule is CC#CCOC1CCC2C3CCC(OCCCC)C(F)C3OC2C1F. The molecule has 0 amide bonds. The highest BCUT2D eigenvalue weighted by Gasteiger charge is 2.57. The van der Waals surface area contributed by atoms with Gasteiger partial charge in [0.15, 0.2) is 12.3 Å². The van der Waals surface area contributed by atoms with E-state index in [1.54, 1.807) is 6.92 Å². The number of unbranched alkanes of at least 4 members (excludes halogenated alkanes) is 1. The first-order valence-corrected chi connectivity index (χ1v) is 9.73. The first-order valence-electron chi connectivity index (χ1n) is 9.73. The number of hydrogen-bond donors (Lipinski definition) is 0. The molecule has 2 aliphatic carbocycles. The van der Waals surface area contributed by atoms with Gasteiger partial charge in [-0.3, -0.25) is 0 Å². The number of halogens is 2. The molecule has 1 saturated heterocycles. The van der Waals surface area contributed by atoms with Crippen molar-refractivity contribution in [2.24, 2.45) is 11.8 Å². The average molecular weight is 356 g/mol. The topological polar surface area (TPSA) is 27.7 Å². The Morgan fingerprint density at radius 2 is 1.56 bits per heavy atom. The molecule has 3 rings (SSSR count). The fraction of sp³-hybridized carbons (Fsp3) is 0.900. The van der Waals surface area contributed by atoms with Crippen molar-refractivity contribution in [1.29, 1.82) is 0 Å². The molecule has 0 N–H and O–H groups in total. The number of alkyl halides is 2. The van der Waals surface area contributed by atoms with Crippen LogP contribution in [0.3, 0.4) is 0 Å². The lowest BCUT2D eigenvalue weighted by Gasteiger charge is -2.37. The zero-order valence-corrected chi connectivity index (χ0v) is 15.3. The Labute approximate surface area is 149 Å². The smallest absolute Gasteiger partial charge is 0.152 e. The number of fused-ring (bicyclic) bond motifs is 3. The van der Waals surface area contributed by atoms with Crippen molar-refractivity contribution >= 4 is 0 Å². The van der Waals surface area contributed by atoms with Crippen LogP contribution >= 0.6 is 0 Å². The standard InChI is InChI=1S/C20H30F2O3/c1-3-5-11-23-15-9-7-13-14-8-10-16(24-12-6-4-2)18(22)20(14)25-19(13)17(15)21/h13-20H,3,5,7-12H2,1-2H3. The van der Waals surface area contributed by atoms with Crippen molar-refractivity contribution in [2.45, 2.75) is 89.1 Å². The van der Waals surface area contributed by atoms with Gasteiger partial charge in [-0.05, 0) is 50.9 Å². The monoisotopic (exact) mass is 356 g/mol. The van der Waals surface area contributed by atoms with E-state index in [9.17, 15) is 8.78 Å². The molecule has 8 unspecified atom stereocenters. The Hall–Kier alpha value is -0.700. The summed E-state index contributed by atoms with van der Waals surface area (Å²) in [4.78, 5) is 0. The Balaban J connectivity index is 1.59. The van der Waals surface area contributed by atoms with Crippen LogP contribution in [0.1, 0.15) is 52.4 Å². The van der Waals surface area contributed by atoms with Crippen LogP contribution in [-0.4, -0.2) is 50.0 Å². The predicted octanol–water partition coefficient (Wildman–Crippen LogP) is 3.84. The molecule has 0 radical (unpaired) electrons. The van der Waals surface area contributed by atoms with Crippen molar-refractivity contribution in [1.82, 2.24) is 0 Å². The van der Waals surface area contributed by atoms with Gasteiger partial charge in [0.05, 0.1) is 24.4 Å². The molecular formula is C20H30F2O3. The molecular weight excluding hydrogens is 326 g/mol. The van der Waals surface area contributed by atoms with E-state index in [-0.39, 0.29) is 18.4 Å². The summed E-state index contributed by atoms with van der Waals surface area (Å²) in [5.41, 5.74) is 0.